The first-order chi connectivity index (χ1) is 9.84. The lowest BCUT2D eigenvalue weighted by Crippen LogP contribution is -2.26. The lowest BCUT2D eigenvalue weighted by atomic mass is 10.1. The summed E-state index contributed by atoms with van der Waals surface area (Å²) in [5.41, 5.74) is 1.83. The number of halogens is 2. The van der Waals surface area contributed by atoms with Crippen LogP contribution in [0.1, 0.15) is 16.0 Å². The van der Waals surface area contributed by atoms with Crippen LogP contribution in [0.15, 0.2) is 39.0 Å². The molecule has 1 aromatic carbocycles. The van der Waals surface area contributed by atoms with Gasteiger partial charge in [0.1, 0.15) is 0 Å². The van der Waals surface area contributed by atoms with Crippen LogP contribution in [0.25, 0.3) is 0 Å². The number of benzene rings is 1. The third kappa shape index (κ3) is 3.87. The van der Waals surface area contributed by atoms with Crippen molar-refractivity contribution >= 4 is 48.9 Å². The van der Waals surface area contributed by atoms with E-state index < -0.39 is 10.0 Å². The minimum atomic E-state index is -3.51. The normalized spacial score (nSPS) is 12.0. The maximum Gasteiger partial charge on any atom is 0.243 e. The van der Waals surface area contributed by atoms with Crippen LogP contribution in [-0.2, 0) is 22.4 Å². The molecule has 2 aromatic rings. The molecule has 3 nitrogen and oxygen atoms in total. The molecule has 0 amide bonds. The summed E-state index contributed by atoms with van der Waals surface area (Å²) < 4.78 is 27.5. The smallest absolute Gasteiger partial charge is 0.207 e. The number of sulfonamides is 1. The molecule has 0 aliphatic carbocycles. The number of nitrogens with zero attached hydrogens (tertiary/aromatic N) is 1. The number of thiophene rings is 1. The summed E-state index contributed by atoms with van der Waals surface area (Å²) >= 11 is 10.8. The van der Waals surface area contributed by atoms with Crippen LogP contribution in [0.5, 0.6) is 0 Å². The Balaban J connectivity index is 2.28. The highest BCUT2D eigenvalue weighted by Crippen LogP contribution is 2.24. The summed E-state index contributed by atoms with van der Waals surface area (Å²) in [5, 5.41) is 1.94. The largest absolute Gasteiger partial charge is 0.243 e. The number of alkyl halides is 1. The predicted molar refractivity (Wildman–Crippen MR) is 91.4 cm³/mol. The van der Waals surface area contributed by atoms with Crippen LogP contribution < -0.4 is 0 Å². The van der Waals surface area contributed by atoms with E-state index in [-0.39, 0.29) is 4.90 Å². The van der Waals surface area contributed by atoms with Crippen LogP contribution in [0.4, 0.5) is 0 Å². The molecule has 2 rings (SSSR count). The van der Waals surface area contributed by atoms with E-state index in [2.05, 4.69) is 15.9 Å². The SMILES string of the molecule is Cc1ccc(S(=O)(=O)N(C)Cc2cc(Br)cs2)cc1CCl. The highest BCUT2D eigenvalue weighted by atomic mass is 79.9. The summed E-state index contributed by atoms with van der Waals surface area (Å²) in [6.45, 7) is 2.27. The van der Waals surface area contributed by atoms with Gasteiger partial charge in [-0.25, -0.2) is 8.42 Å². The molecule has 7 heteroatoms. The molecule has 0 fully saturated rings. The Kier molecular flexibility index (Phi) is 5.48. The topological polar surface area (TPSA) is 37.4 Å². The highest BCUT2D eigenvalue weighted by Gasteiger charge is 2.22. The van der Waals surface area contributed by atoms with Gasteiger partial charge in [0.15, 0.2) is 0 Å². The van der Waals surface area contributed by atoms with Gasteiger partial charge in [0.05, 0.1) is 4.90 Å². The third-order valence-corrected chi connectivity index (χ3v) is 6.94. The summed E-state index contributed by atoms with van der Waals surface area (Å²) in [7, 11) is -1.92. The maximum absolute atomic E-state index is 12.6. The van der Waals surface area contributed by atoms with Gasteiger partial charge < -0.3 is 0 Å². The van der Waals surface area contributed by atoms with E-state index in [1.807, 2.05) is 18.4 Å². The molecule has 0 saturated heterocycles. The van der Waals surface area contributed by atoms with Crippen molar-refractivity contribution in [1.82, 2.24) is 4.31 Å². The van der Waals surface area contributed by atoms with E-state index in [0.717, 1.165) is 20.5 Å². The van der Waals surface area contributed by atoms with Gasteiger partial charge in [-0.05, 0) is 52.2 Å². The van der Waals surface area contributed by atoms with Crippen molar-refractivity contribution < 1.29 is 8.42 Å². The Morgan fingerprint density at radius 3 is 2.62 bits per heavy atom. The lowest BCUT2D eigenvalue weighted by molar-refractivity contribution is 0.469. The fourth-order valence-electron chi connectivity index (χ4n) is 1.87. The standard InChI is InChI=1S/C14H15BrClNO2S2/c1-10-3-4-14(5-11(10)7-16)21(18,19)17(2)8-13-6-12(15)9-20-13/h3-6,9H,7-8H2,1-2H3. The fraction of sp³-hybridized carbons (Fsp3) is 0.286. The molecule has 0 saturated carbocycles. The first-order valence-corrected chi connectivity index (χ1v) is 9.84. The second-order valence-electron chi connectivity index (χ2n) is 4.71. The van der Waals surface area contributed by atoms with E-state index >= 15 is 0 Å². The Hall–Kier alpha value is -0.400. The molecule has 0 spiro atoms. The van der Waals surface area contributed by atoms with Crippen LogP contribution in [-0.4, -0.2) is 19.8 Å². The van der Waals surface area contributed by atoms with Crippen LogP contribution in [0, 0.1) is 6.92 Å². The number of aryl methyl sites for hydroxylation is 1. The van der Waals surface area contributed by atoms with Gasteiger partial charge in [-0.1, -0.05) is 6.07 Å². The molecule has 0 radical (unpaired) electrons. The van der Waals surface area contributed by atoms with E-state index in [9.17, 15) is 8.42 Å². The van der Waals surface area contributed by atoms with Gasteiger partial charge in [-0.2, -0.15) is 4.31 Å². The molecule has 0 unspecified atom stereocenters. The lowest BCUT2D eigenvalue weighted by Gasteiger charge is -2.17. The maximum atomic E-state index is 12.6. The van der Waals surface area contributed by atoms with Gasteiger partial charge in [0.25, 0.3) is 0 Å². The summed E-state index contributed by atoms with van der Waals surface area (Å²) in [6.07, 6.45) is 0. The molecular formula is C14H15BrClNO2S2. The first kappa shape index (κ1) is 17.0. The molecular weight excluding hydrogens is 394 g/mol. The second-order valence-corrected chi connectivity index (χ2v) is 8.94. The summed E-state index contributed by atoms with van der Waals surface area (Å²) in [4.78, 5) is 1.26. The van der Waals surface area contributed by atoms with Crippen molar-refractivity contribution in [3.05, 3.63) is 50.1 Å². The van der Waals surface area contributed by atoms with Gasteiger partial charge in [0, 0.05) is 34.2 Å². The predicted octanol–water partition coefficient (Wildman–Crippen LogP) is 4.38. The average molecular weight is 409 g/mol. The van der Waals surface area contributed by atoms with Gasteiger partial charge in [0.2, 0.25) is 10.0 Å². The molecule has 0 N–H and O–H groups in total. The Bertz CT molecular complexity index is 743. The van der Waals surface area contributed by atoms with Crippen molar-refractivity contribution in [3.63, 3.8) is 0 Å². The average Bonchev–Trinajstić information content (AvgIpc) is 2.84. The van der Waals surface area contributed by atoms with E-state index in [4.69, 9.17) is 11.6 Å². The molecule has 21 heavy (non-hydrogen) atoms. The number of hydrogen-bond acceptors (Lipinski definition) is 3. The van der Waals surface area contributed by atoms with Gasteiger partial charge in [-0.15, -0.1) is 22.9 Å². The minimum absolute atomic E-state index is 0.280. The zero-order valence-electron chi connectivity index (χ0n) is 11.6. The Morgan fingerprint density at radius 1 is 1.33 bits per heavy atom. The summed E-state index contributed by atoms with van der Waals surface area (Å²) in [5.74, 6) is 0.302. The van der Waals surface area contributed by atoms with Crippen molar-refractivity contribution in [3.8, 4) is 0 Å². The molecule has 0 atom stereocenters. The third-order valence-electron chi connectivity index (χ3n) is 3.17. The van der Waals surface area contributed by atoms with Crippen molar-refractivity contribution in [2.45, 2.75) is 24.2 Å². The van der Waals surface area contributed by atoms with E-state index in [1.54, 1.807) is 25.2 Å². The fourth-order valence-corrected chi connectivity index (χ4v) is 4.95. The molecule has 1 heterocycles. The van der Waals surface area contributed by atoms with Crippen molar-refractivity contribution in [2.24, 2.45) is 0 Å². The molecule has 0 aliphatic heterocycles. The van der Waals surface area contributed by atoms with Crippen LogP contribution in [0.3, 0.4) is 0 Å². The number of rotatable bonds is 5. The van der Waals surface area contributed by atoms with Crippen molar-refractivity contribution in [2.75, 3.05) is 7.05 Å². The molecule has 0 bridgehead atoms. The zero-order chi connectivity index (χ0) is 15.6. The van der Waals surface area contributed by atoms with E-state index in [0.29, 0.717) is 12.4 Å². The minimum Gasteiger partial charge on any atom is -0.207 e. The first-order valence-electron chi connectivity index (χ1n) is 6.19. The molecule has 1 aromatic heterocycles. The van der Waals surface area contributed by atoms with E-state index in [1.165, 1.54) is 15.6 Å². The van der Waals surface area contributed by atoms with Gasteiger partial charge >= 0.3 is 0 Å². The Labute approximate surface area is 142 Å². The Morgan fingerprint density at radius 2 is 2.05 bits per heavy atom. The second kappa shape index (κ2) is 6.79. The monoisotopic (exact) mass is 407 g/mol. The molecule has 114 valence electrons. The van der Waals surface area contributed by atoms with Gasteiger partial charge in [-0.3, -0.25) is 0 Å². The molecule has 0 aliphatic rings. The highest BCUT2D eigenvalue weighted by molar-refractivity contribution is 9.10. The quantitative estimate of drug-likeness (QED) is 0.689. The van der Waals surface area contributed by atoms with Crippen LogP contribution in [0.2, 0.25) is 0 Å². The summed E-state index contributed by atoms with van der Waals surface area (Å²) in [6, 6.07) is 7.00. The van der Waals surface area contributed by atoms with Crippen molar-refractivity contribution in [1.29, 1.82) is 0 Å². The zero-order valence-corrected chi connectivity index (χ0v) is 15.6. The van der Waals surface area contributed by atoms with Crippen LogP contribution >= 0.6 is 38.9 Å². The number of hydrogen-bond donors (Lipinski definition) is 0.